The van der Waals surface area contributed by atoms with Crippen molar-refractivity contribution in [1.82, 2.24) is 15.0 Å². The molecule has 0 bridgehead atoms. The summed E-state index contributed by atoms with van der Waals surface area (Å²) in [7, 11) is 1.88. The highest BCUT2D eigenvalue weighted by Gasteiger charge is 2.20. The van der Waals surface area contributed by atoms with Gasteiger partial charge in [-0.25, -0.2) is 0 Å². The van der Waals surface area contributed by atoms with Crippen molar-refractivity contribution in [2.24, 2.45) is 0 Å². The molecule has 26 heavy (non-hydrogen) atoms. The zero-order valence-corrected chi connectivity index (χ0v) is 15.1. The van der Waals surface area contributed by atoms with Crippen LogP contribution < -0.4 is 5.32 Å². The van der Waals surface area contributed by atoms with E-state index in [4.69, 9.17) is 4.52 Å². The van der Waals surface area contributed by atoms with Gasteiger partial charge in [0.25, 0.3) is 0 Å². The number of carbonyl (C=O) groups excluding carboxylic acids is 1. The van der Waals surface area contributed by atoms with Crippen LogP contribution in [-0.2, 0) is 11.3 Å². The second-order valence-electron chi connectivity index (χ2n) is 6.34. The summed E-state index contributed by atoms with van der Waals surface area (Å²) >= 11 is 0. The van der Waals surface area contributed by atoms with Crippen molar-refractivity contribution < 1.29 is 9.32 Å². The molecule has 0 saturated carbocycles. The van der Waals surface area contributed by atoms with Gasteiger partial charge in [-0.05, 0) is 50.7 Å². The molecule has 0 unspecified atom stereocenters. The predicted octanol–water partition coefficient (Wildman–Crippen LogP) is 3.50. The largest absolute Gasteiger partial charge is 0.359 e. The quantitative estimate of drug-likeness (QED) is 0.737. The maximum atomic E-state index is 12.5. The molecule has 0 aliphatic carbocycles. The van der Waals surface area contributed by atoms with Crippen LogP contribution in [0.4, 0.5) is 5.69 Å². The predicted molar refractivity (Wildman–Crippen MR) is 100 cm³/mol. The number of aryl methyl sites for hydroxylation is 1. The first-order chi connectivity index (χ1) is 12.5. The molecule has 1 aromatic carbocycles. The van der Waals surface area contributed by atoms with Crippen molar-refractivity contribution >= 4 is 11.6 Å². The molecule has 0 spiro atoms. The fourth-order valence-corrected chi connectivity index (χ4v) is 2.57. The summed E-state index contributed by atoms with van der Waals surface area (Å²) in [5.74, 6) is 0.617. The Balaban J connectivity index is 1.61. The van der Waals surface area contributed by atoms with E-state index in [1.54, 1.807) is 6.20 Å². The van der Waals surface area contributed by atoms with Gasteiger partial charge in [-0.3, -0.25) is 14.7 Å². The molecule has 6 nitrogen and oxygen atoms in total. The first-order valence-electron chi connectivity index (χ1n) is 8.47. The molecule has 0 aliphatic rings. The van der Waals surface area contributed by atoms with E-state index in [1.807, 2.05) is 74.3 Å². The highest BCUT2D eigenvalue weighted by Crippen LogP contribution is 2.18. The summed E-state index contributed by atoms with van der Waals surface area (Å²) in [4.78, 5) is 18.6. The van der Waals surface area contributed by atoms with Crippen molar-refractivity contribution in [3.63, 3.8) is 0 Å². The molecule has 3 rings (SSSR count). The summed E-state index contributed by atoms with van der Waals surface area (Å²) in [5.41, 5.74) is 3.35. The van der Waals surface area contributed by atoms with Crippen LogP contribution in [0.1, 0.15) is 18.2 Å². The average Bonchev–Trinajstić information content (AvgIpc) is 3.10. The van der Waals surface area contributed by atoms with Gasteiger partial charge in [0.15, 0.2) is 5.76 Å². The Kier molecular flexibility index (Phi) is 5.43. The fraction of sp³-hybridized carbons (Fsp3) is 0.250. The number of anilines is 1. The third kappa shape index (κ3) is 4.34. The molecular formula is C20H22N4O2. The number of hydrogen-bond donors (Lipinski definition) is 1. The van der Waals surface area contributed by atoms with Gasteiger partial charge in [0.1, 0.15) is 5.69 Å². The highest BCUT2D eigenvalue weighted by atomic mass is 16.5. The molecular weight excluding hydrogens is 328 g/mol. The van der Waals surface area contributed by atoms with E-state index < -0.39 is 0 Å². The van der Waals surface area contributed by atoms with Crippen molar-refractivity contribution in [1.29, 1.82) is 0 Å². The van der Waals surface area contributed by atoms with Crippen LogP contribution in [0.2, 0.25) is 0 Å². The topological polar surface area (TPSA) is 71.3 Å². The normalized spacial score (nSPS) is 12.2. The maximum Gasteiger partial charge on any atom is 0.241 e. The molecule has 3 aromatic rings. The lowest BCUT2D eigenvalue weighted by molar-refractivity contribution is -0.120. The summed E-state index contributed by atoms with van der Waals surface area (Å²) in [6.07, 6.45) is 1.72. The lowest BCUT2D eigenvalue weighted by Crippen LogP contribution is -2.39. The number of likely N-dealkylation sites (N-methyl/N-ethyl adjacent to an activating group) is 1. The Hall–Kier alpha value is -2.99. The molecule has 134 valence electrons. The van der Waals surface area contributed by atoms with Gasteiger partial charge in [0.2, 0.25) is 5.91 Å². The van der Waals surface area contributed by atoms with E-state index in [2.05, 4.69) is 15.5 Å². The molecule has 1 amide bonds. The number of benzene rings is 1. The van der Waals surface area contributed by atoms with E-state index >= 15 is 0 Å². The second kappa shape index (κ2) is 7.93. The highest BCUT2D eigenvalue weighted by molar-refractivity contribution is 5.94. The minimum Gasteiger partial charge on any atom is -0.359 e. The molecule has 0 radical (unpaired) electrons. The van der Waals surface area contributed by atoms with Crippen LogP contribution in [0.15, 0.2) is 59.3 Å². The number of nitrogens with one attached hydrogen (secondary N) is 1. The third-order valence-electron chi connectivity index (χ3n) is 4.22. The molecule has 6 heteroatoms. The zero-order chi connectivity index (χ0) is 18.5. The first kappa shape index (κ1) is 17.8. The van der Waals surface area contributed by atoms with E-state index in [0.717, 1.165) is 16.9 Å². The van der Waals surface area contributed by atoms with Gasteiger partial charge in [0, 0.05) is 18.0 Å². The number of rotatable bonds is 6. The van der Waals surface area contributed by atoms with Gasteiger partial charge in [-0.1, -0.05) is 23.4 Å². The van der Waals surface area contributed by atoms with E-state index in [-0.39, 0.29) is 11.9 Å². The Morgan fingerprint density at radius 3 is 2.77 bits per heavy atom. The number of aromatic nitrogens is 2. The molecule has 2 heterocycles. The number of nitrogens with zero attached hydrogens (tertiary/aromatic N) is 3. The summed E-state index contributed by atoms with van der Waals surface area (Å²) in [5, 5.41) is 7.00. The standard InChI is InChI=1S/C20H22N4O2/c1-14-7-6-8-16(11-14)22-20(25)15(2)24(3)13-17-12-19(23-26-17)18-9-4-5-10-21-18/h4-12,15H,13H2,1-3H3,(H,22,25)/t15-/m1/s1. The van der Waals surface area contributed by atoms with Gasteiger partial charge >= 0.3 is 0 Å². The SMILES string of the molecule is Cc1cccc(NC(=O)[C@@H](C)N(C)Cc2cc(-c3ccccn3)no2)c1. The summed E-state index contributed by atoms with van der Waals surface area (Å²) < 4.78 is 5.39. The molecule has 0 saturated heterocycles. The minimum absolute atomic E-state index is 0.0671. The number of amides is 1. The van der Waals surface area contributed by atoms with E-state index in [1.165, 1.54) is 0 Å². The lowest BCUT2D eigenvalue weighted by Gasteiger charge is -2.22. The fourth-order valence-electron chi connectivity index (χ4n) is 2.57. The van der Waals surface area contributed by atoms with Crippen molar-refractivity contribution in [3.8, 4) is 11.4 Å². The van der Waals surface area contributed by atoms with E-state index in [0.29, 0.717) is 18.0 Å². The monoisotopic (exact) mass is 350 g/mol. The van der Waals surface area contributed by atoms with E-state index in [9.17, 15) is 4.79 Å². The van der Waals surface area contributed by atoms with Crippen LogP contribution in [0.25, 0.3) is 11.4 Å². The Morgan fingerprint density at radius 2 is 2.04 bits per heavy atom. The molecule has 0 fully saturated rings. The average molecular weight is 350 g/mol. The van der Waals surface area contributed by atoms with Crippen molar-refractivity contribution in [2.75, 3.05) is 12.4 Å². The maximum absolute atomic E-state index is 12.5. The van der Waals surface area contributed by atoms with Crippen LogP contribution in [0, 0.1) is 6.92 Å². The van der Waals surface area contributed by atoms with Gasteiger partial charge < -0.3 is 9.84 Å². The summed E-state index contributed by atoms with van der Waals surface area (Å²) in [6, 6.07) is 14.9. The smallest absolute Gasteiger partial charge is 0.241 e. The second-order valence-corrected chi connectivity index (χ2v) is 6.34. The number of carbonyl (C=O) groups is 1. The summed E-state index contributed by atoms with van der Waals surface area (Å²) in [6.45, 7) is 4.33. The van der Waals surface area contributed by atoms with Crippen LogP contribution in [0.3, 0.4) is 0 Å². The first-order valence-corrected chi connectivity index (χ1v) is 8.47. The molecule has 1 N–H and O–H groups in total. The van der Waals surface area contributed by atoms with Crippen molar-refractivity contribution in [3.05, 3.63) is 66.1 Å². The number of pyridine rings is 1. The third-order valence-corrected chi connectivity index (χ3v) is 4.22. The minimum atomic E-state index is -0.320. The van der Waals surface area contributed by atoms with Gasteiger partial charge in [0.05, 0.1) is 18.3 Å². The Labute approximate surface area is 152 Å². The molecule has 0 aliphatic heterocycles. The van der Waals surface area contributed by atoms with Crippen LogP contribution >= 0.6 is 0 Å². The number of hydrogen-bond acceptors (Lipinski definition) is 5. The molecule has 1 atom stereocenters. The zero-order valence-electron chi connectivity index (χ0n) is 15.1. The van der Waals surface area contributed by atoms with Crippen molar-refractivity contribution in [2.45, 2.75) is 26.4 Å². The lowest BCUT2D eigenvalue weighted by atomic mass is 10.2. The Bertz CT molecular complexity index is 876. The van der Waals surface area contributed by atoms with Crippen LogP contribution in [-0.4, -0.2) is 34.0 Å². The van der Waals surface area contributed by atoms with Crippen LogP contribution in [0.5, 0.6) is 0 Å². The molecule has 2 aromatic heterocycles. The van der Waals surface area contributed by atoms with Gasteiger partial charge in [-0.2, -0.15) is 0 Å². The van der Waals surface area contributed by atoms with Gasteiger partial charge in [-0.15, -0.1) is 0 Å². The Morgan fingerprint density at radius 1 is 1.19 bits per heavy atom.